The van der Waals surface area contributed by atoms with Gasteiger partial charge in [-0.05, 0) is 52.2 Å². The van der Waals surface area contributed by atoms with Gasteiger partial charge in [0.15, 0.2) is 0 Å². The maximum atomic E-state index is 13.5. The summed E-state index contributed by atoms with van der Waals surface area (Å²) in [5.41, 5.74) is 1.72. The molecule has 0 N–H and O–H groups in total. The standard InChI is InChI=1S/C15H10BrF2NO/c16-14-11(2-1-3-12(14)18)15(20)19-7-6-9-4-5-10(17)8-13(9)19/h1-5,8H,6-7H2. The van der Waals surface area contributed by atoms with E-state index in [2.05, 4.69) is 15.9 Å². The van der Waals surface area contributed by atoms with Gasteiger partial charge in [0, 0.05) is 6.54 Å². The summed E-state index contributed by atoms with van der Waals surface area (Å²) < 4.78 is 27.0. The van der Waals surface area contributed by atoms with Crippen LogP contribution in [0.4, 0.5) is 14.5 Å². The van der Waals surface area contributed by atoms with E-state index in [1.54, 1.807) is 12.1 Å². The molecule has 0 unspecified atom stereocenters. The first-order valence-electron chi connectivity index (χ1n) is 6.12. The van der Waals surface area contributed by atoms with E-state index < -0.39 is 5.82 Å². The molecule has 0 bridgehead atoms. The fraction of sp³-hybridized carbons (Fsp3) is 0.133. The first-order chi connectivity index (χ1) is 9.58. The van der Waals surface area contributed by atoms with Gasteiger partial charge in [0.25, 0.3) is 5.91 Å². The second-order valence-corrected chi connectivity index (χ2v) is 5.37. The number of hydrogen-bond acceptors (Lipinski definition) is 1. The van der Waals surface area contributed by atoms with Crippen molar-refractivity contribution in [2.24, 2.45) is 0 Å². The number of fused-ring (bicyclic) bond motifs is 1. The van der Waals surface area contributed by atoms with Crippen LogP contribution < -0.4 is 4.90 Å². The average molecular weight is 338 g/mol. The highest BCUT2D eigenvalue weighted by Gasteiger charge is 2.27. The first kappa shape index (κ1) is 13.2. The molecule has 1 amide bonds. The molecule has 0 aliphatic carbocycles. The largest absolute Gasteiger partial charge is 0.308 e. The summed E-state index contributed by atoms with van der Waals surface area (Å²) in [6.45, 7) is 0.473. The van der Waals surface area contributed by atoms with Crippen molar-refractivity contribution in [3.8, 4) is 0 Å². The predicted molar refractivity (Wildman–Crippen MR) is 75.9 cm³/mol. The molecule has 0 fully saturated rings. The Balaban J connectivity index is 2.02. The molecule has 20 heavy (non-hydrogen) atoms. The molecular formula is C15H10BrF2NO. The maximum Gasteiger partial charge on any atom is 0.259 e. The van der Waals surface area contributed by atoms with E-state index in [4.69, 9.17) is 0 Å². The summed E-state index contributed by atoms with van der Waals surface area (Å²) in [5.74, 6) is -1.21. The second-order valence-electron chi connectivity index (χ2n) is 4.58. The number of hydrogen-bond donors (Lipinski definition) is 0. The molecule has 5 heteroatoms. The van der Waals surface area contributed by atoms with Crippen molar-refractivity contribution in [1.82, 2.24) is 0 Å². The van der Waals surface area contributed by atoms with Crippen LogP contribution >= 0.6 is 15.9 Å². The van der Waals surface area contributed by atoms with Crippen molar-refractivity contribution in [3.63, 3.8) is 0 Å². The average Bonchev–Trinajstić information content (AvgIpc) is 2.84. The first-order valence-corrected chi connectivity index (χ1v) is 6.91. The van der Waals surface area contributed by atoms with Crippen LogP contribution in [0.25, 0.3) is 0 Å². The van der Waals surface area contributed by atoms with Crippen LogP contribution in [0.15, 0.2) is 40.9 Å². The smallest absolute Gasteiger partial charge is 0.259 e. The minimum absolute atomic E-state index is 0.134. The molecule has 0 aromatic heterocycles. The summed E-state index contributed by atoms with van der Waals surface area (Å²) in [4.78, 5) is 14.0. The second kappa shape index (κ2) is 4.98. The number of carbonyl (C=O) groups excluding carboxylic acids is 1. The lowest BCUT2D eigenvalue weighted by molar-refractivity contribution is 0.0988. The zero-order chi connectivity index (χ0) is 14.3. The molecule has 2 aromatic carbocycles. The third-order valence-corrected chi connectivity index (χ3v) is 4.18. The van der Waals surface area contributed by atoms with Gasteiger partial charge in [0.2, 0.25) is 0 Å². The van der Waals surface area contributed by atoms with Crippen molar-refractivity contribution in [3.05, 3.63) is 63.6 Å². The molecule has 3 rings (SSSR count). The van der Waals surface area contributed by atoms with E-state index in [-0.39, 0.29) is 21.8 Å². The monoisotopic (exact) mass is 337 g/mol. The van der Waals surface area contributed by atoms with E-state index >= 15 is 0 Å². The van der Waals surface area contributed by atoms with E-state index in [9.17, 15) is 13.6 Å². The lowest BCUT2D eigenvalue weighted by Gasteiger charge is -2.18. The van der Waals surface area contributed by atoms with Gasteiger partial charge in [-0.3, -0.25) is 4.79 Å². The highest BCUT2D eigenvalue weighted by atomic mass is 79.9. The van der Waals surface area contributed by atoms with Gasteiger partial charge in [0.1, 0.15) is 11.6 Å². The Hall–Kier alpha value is -1.75. The lowest BCUT2D eigenvalue weighted by Crippen LogP contribution is -2.29. The van der Waals surface area contributed by atoms with E-state index in [1.807, 2.05) is 0 Å². The Labute approximate surface area is 123 Å². The third-order valence-electron chi connectivity index (χ3n) is 3.37. The van der Waals surface area contributed by atoms with Crippen LogP contribution in [0.5, 0.6) is 0 Å². The van der Waals surface area contributed by atoms with Gasteiger partial charge in [-0.1, -0.05) is 12.1 Å². The van der Waals surface area contributed by atoms with Crippen LogP contribution in [-0.4, -0.2) is 12.5 Å². The number of halogens is 3. The molecular weight excluding hydrogens is 328 g/mol. The van der Waals surface area contributed by atoms with Crippen molar-refractivity contribution >= 4 is 27.5 Å². The van der Waals surface area contributed by atoms with Crippen molar-refractivity contribution in [2.45, 2.75) is 6.42 Å². The van der Waals surface area contributed by atoms with Gasteiger partial charge >= 0.3 is 0 Å². The number of benzene rings is 2. The molecule has 2 aromatic rings. The fourth-order valence-electron chi connectivity index (χ4n) is 2.38. The zero-order valence-corrected chi connectivity index (χ0v) is 12.0. The summed E-state index contributed by atoms with van der Waals surface area (Å²) in [7, 11) is 0. The predicted octanol–water partition coefficient (Wildman–Crippen LogP) is 3.93. The minimum Gasteiger partial charge on any atom is -0.308 e. The third kappa shape index (κ3) is 2.12. The zero-order valence-electron chi connectivity index (χ0n) is 10.4. The Morgan fingerprint density at radius 3 is 2.80 bits per heavy atom. The highest BCUT2D eigenvalue weighted by Crippen LogP contribution is 2.31. The lowest BCUT2D eigenvalue weighted by atomic mass is 10.1. The van der Waals surface area contributed by atoms with Crippen molar-refractivity contribution in [2.75, 3.05) is 11.4 Å². The van der Waals surface area contributed by atoms with Crippen LogP contribution in [0.1, 0.15) is 15.9 Å². The van der Waals surface area contributed by atoms with Gasteiger partial charge in [-0.15, -0.1) is 0 Å². The van der Waals surface area contributed by atoms with Gasteiger partial charge in [-0.2, -0.15) is 0 Å². The number of nitrogens with zero attached hydrogens (tertiary/aromatic N) is 1. The number of carbonyl (C=O) groups is 1. The van der Waals surface area contributed by atoms with E-state index in [1.165, 1.54) is 29.2 Å². The molecule has 1 aliphatic rings. The van der Waals surface area contributed by atoms with Gasteiger partial charge in [0.05, 0.1) is 15.7 Å². The Bertz CT molecular complexity index is 702. The molecule has 1 aliphatic heterocycles. The molecule has 102 valence electrons. The number of rotatable bonds is 1. The highest BCUT2D eigenvalue weighted by molar-refractivity contribution is 9.10. The molecule has 0 atom stereocenters. The van der Waals surface area contributed by atoms with Gasteiger partial charge in [-0.25, -0.2) is 8.78 Å². The topological polar surface area (TPSA) is 20.3 Å². The Morgan fingerprint density at radius 2 is 2.00 bits per heavy atom. The summed E-state index contributed by atoms with van der Waals surface area (Å²) in [6, 6.07) is 8.71. The quantitative estimate of drug-likeness (QED) is 0.772. The summed E-state index contributed by atoms with van der Waals surface area (Å²) in [5, 5.41) is 0. The van der Waals surface area contributed by atoms with Crippen molar-refractivity contribution in [1.29, 1.82) is 0 Å². The number of amides is 1. The molecule has 1 heterocycles. The normalized spacial score (nSPS) is 13.4. The van der Waals surface area contributed by atoms with Gasteiger partial charge < -0.3 is 4.90 Å². The summed E-state index contributed by atoms with van der Waals surface area (Å²) >= 11 is 3.09. The Morgan fingerprint density at radius 1 is 1.20 bits per heavy atom. The molecule has 0 saturated carbocycles. The van der Waals surface area contributed by atoms with Crippen molar-refractivity contribution < 1.29 is 13.6 Å². The van der Waals surface area contributed by atoms with Crippen LogP contribution in [-0.2, 0) is 6.42 Å². The molecule has 0 saturated heterocycles. The van der Waals surface area contributed by atoms with E-state index in [0.717, 1.165) is 5.56 Å². The number of anilines is 1. The van der Waals surface area contributed by atoms with Crippen LogP contribution in [0, 0.1) is 11.6 Å². The van der Waals surface area contributed by atoms with E-state index in [0.29, 0.717) is 18.7 Å². The molecule has 2 nitrogen and oxygen atoms in total. The van der Waals surface area contributed by atoms with Crippen LogP contribution in [0.3, 0.4) is 0 Å². The maximum absolute atomic E-state index is 13.5. The molecule has 0 radical (unpaired) electrons. The van der Waals surface area contributed by atoms with Crippen LogP contribution in [0.2, 0.25) is 0 Å². The Kier molecular flexibility index (Phi) is 3.30. The summed E-state index contributed by atoms with van der Waals surface area (Å²) in [6.07, 6.45) is 0.675. The fourth-order valence-corrected chi connectivity index (χ4v) is 2.81. The molecule has 0 spiro atoms. The minimum atomic E-state index is -0.491. The SMILES string of the molecule is O=C(c1cccc(F)c1Br)N1CCc2ccc(F)cc21.